The van der Waals surface area contributed by atoms with E-state index in [2.05, 4.69) is 5.32 Å². The average molecular weight is 283 g/mol. The van der Waals surface area contributed by atoms with Crippen LogP contribution in [0.4, 0.5) is 14.0 Å². The number of benzene rings is 1. The summed E-state index contributed by atoms with van der Waals surface area (Å²) in [5.41, 5.74) is 5.94. The van der Waals surface area contributed by atoms with E-state index in [9.17, 15) is 14.0 Å². The second kappa shape index (κ2) is 8.11. The zero-order valence-electron chi connectivity index (χ0n) is 11.3. The minimum Gasteiger partial charge on any atom is -0.449 e. The zero-order valence-corrected chi connectivity index (χ0v) is 11.3. The monoisotopic (exact) mass is 283 g/mol. The molecule has 0 fully saturated rings. The van der Waals surface area contributed by atoms with Gasteiger partial charge in [0.15, 0.2) is 0 Å². The first-order valence-electron chi connectivity index (χ1n) is 6.25. The first-order valence-corrected chi connectivity index (χ1v) is 6.25. The highest BCUT2D eigenvalue weighted by molar-refractivity contribution is 5.90. The van der Waals surface area contributed by atoms with Gasteiger partial charge in [0.2, 0.25) is 0 Å². The molecule has 1 rings (SSSR count). The van der Waals surface area contributed by atoms with Gasteiger partial charge in [0, 0.05) is 19.6 Å². The Balaban J connectivity index is 2.59. The van der Waals surface area contributed by atoms with Crippen molar-refractivity contribution in [3.05, 3.63) is 35.6 Å². The number of ether oxygens (including phenoxy) is 1. The summed E-state index contributed by atoms with van der Waals surface area (Å²) < 4.78 is 17.7. The lowest BCUT2D eigenvalue weighted by atomic mass is 10.2. The Morgan fingerprint density at radius 1 is 1.45 bits per heavy atom. The summed E-state index contributed by atoms with van der Waals surface area (Å²) in [5, 5.41) is 2.51. The first-order chi connectivity index (χ1) is 9.58. The van der Waals surface area contributed by atoms with Gasteiger partial charge in [-0.2, -0.15) is 0 Å². The Kier molecular flexibility index (Phi) is 6.45. The topological polar surface area (TPSA) is 84.7 Å². The lowest BCUT2D eigenvalue weighted by Gasteiger charge is -2.19. The zero-order chi connectivity index (χ0) is 15.0. The van der Waals surface area contributed by atoms with Crippen LogP contribution in [-0.4, -0.2) is 36.7 Å². The molecule has 0 saturated heterocycles. The lowest BCUT2D eigenvalue weighted by molar-refractivity contribution is 0.115. The van der Waals surface area contributed by atoms with Gasteiger partial charge in [-0.3, -0.25) is 0 Å². The van der Waals surface area contributed by atoms with Crippen LogP contribution in [0.5, 0.6) is 0 Å². The summed E-state index contributed by atoms with van der Waals surface area (Å²) in [4.78, 5) is 24.3. The maximum atomic E-state index is 13.0. The maximum Gasteiger partial charge on any atom is 0.418 e. The van der Waals surface area contributed by atoms with Gasteiger partial charge in [0.25, 0.3) is 0 Å². The normalized spacial score (nSPS) is 9.95. The molecule has 0 heterocycles. The second-order valence-electron chi connectivity index (χ2n) is 3.93. The molecule has 0 atom stereocenters. The molecule has 0 unspecified atom stereocenters. The molecule has 0 aliphatic heterocycles. The van der Waals surface area contributed by atoms with E-state index in [1.807, 2.05) is 0 Å². The number of nitrogens with zero attached hydrogens (tertiary/aromatic N) is 1. The van der Waals surface area contributed by atoms with E-state index in [-0.39, 0.29) is 32.1 Å². The number of nitrogens with one attached hydrogen (secondary N) is 1. The van der Waals surface area contributed by atoms with Gasteiger partial charge in [-0.15, -0.1) is 0 Å². The summed E-state index contributed by atoms with van der Waals surface area (Å²) in [5.74, 6) is -0.388. The van der Waals surface area contributed by atoms with Crippen molar-refractivity contribution in [2.75, 3.05) is 19.7 Å². The number of hydrogen-bond donors (Lipinski definition) is 2. The molecule has 0 spiro atoms. The highest BCUT2D eigenvalue weighted by Gasteiger charge is 2.21. The summed E-state index contributed by atoms with van der Waals surface area (Å²) in [6.07, 6.45) is -0.755. The van der Waals surface area contributed by atoms with Crippen molar-refractivity contribution in [3.8, 4) is 0 Å². The molecule has 20 heavy (non-hydrogen) atoms. The molecule has 110 valence electrons. The van der Waals surface area contributed by atoms with Gasteiger partial charge in [-0.1, -0.05) is 12.1 Å². The van der Waals surface area contributed by atoms with Gasteiger partial charge in [0.05, 0.1) is 6.61 Å². The number of halogens is 1. The van der Waals surface area contributed by atoms with Crippen LogP contribution >= 0.6 is 0 Å². The van der Waals surface area contributed by atoms with E-state index in [1.54, 1.807) is 19.1 Å². The van der Waals surface area contributed by atoms with Crippen molar-refractivity contribution in [1.29, 1.82) is 0 Å². The Morgan fingerprint density at radius 3 is 2.80 bits per heavy atom. The number of imide groups is 1. The van der Waals surface area contributed by atoms with Gasteiger partial charge in [-0.05, 0) is 24.6 Å². The summed E-state index contributed by atoms with van der Waals surface area (Å²) in [7, 11) is 0. The number of amides is 3. The lowest BCUT2D eigenvalue weighted by Crippen LogP contribution is -2.46. The highest BCUT2D eigenvalue weighted by Crippen LogP contribution is 2.03. The fourth-order valence-corrected chi connectivity index (χ4v) is 1.53. The van der Waals surface area contributed by atoms with E-state index in [0.29, 0.717) is 5.56 Å². The van der Waals surface area contributed by atoms with Crippen molar-refractivity contribution in [2.24, 2.45) is 5.73 Å². The van der Waals surface area contributed by atoms with Crippen LogP contribution in [0.15, 0.2) is 24.3 Å². The minimum atomic E-state index is -0.755. The number of hydrogen-bond acceptors (Lipinski definition) is 4. The number of carbonyl (C=O) groups excluding carboxylic acids is 2. The molecule has 3 amide bonds. The average Bonchev–Trinajstić information content (AvgIpc) is 2.42. The minimum absolute atomic E-state index is 0.0494. The van der Waals surface area contributed by atoms with E-state index in [1.165, 1.54) is 12.1 Å². The first kappa shape index (κ1) is 15.9. The second-order valence-corrected chi connectivity index (χ2v) is 3.93. The predicted molar refractivity (Wildman–Crippen MR) is 71.4 cm³/mol. The molecular formula is C13H18FN3O3. The number of carbonyl (C=O) groups is 2. The SMILES string of the molecule is CCOC(=O)N(CCN)C(=O)NCc1cccc(F)c1. The molecular weight excluding hydrogens is 265 g/mol. The summed E-state index contributed by atoms with van der Waals surface area (Å²) in [6.45, 7) is 2.09. The largest absolute Gasteiger partial charge is 0.449 e. The molecule has 0 bridgehead atoms. The van der Waals surface area contributed by atoms with Crippen LogP contribution in [0, 0.1) is 5.82 Å². The standard InChI is InChI=1S/C13H18FN3O3/c1-2-20-13(19)17(7-6-15)12(18)16-9-10-4-3-5-11(14)8-10/h3-5,8H,2,6-7,9,15H2,1H3,(H,16,18). The van der Waals surface area contributed by atoms with Gasteiger partial charge in [0.1, 0.15) is 5.82 Å². The van der Waals surface area contributed by atoms with Crippen molar-refractivity contribution >= 4 is 12.1 Å². The molecule has 3 N–H and O–H groups in total. The van der Waals surface area contributed by atoms with E-state index >= 15 is 0 Å². The predicted octanol–water partition coefficient (Wildman–Crippen LogP) is 1.45. The van der Waals surface area contributed by atoms with Crippen LogP contribution in [0.3, 0.4) is 0 Å². The highest BCUT2D eigenvalue weighted by atomic mass is 19.1. The quantitative estimate of drug-likeness (QED) is 0.856. The summed E-state index contributed by atoms with van der Waals surface area (Å²) >= 11 is 0. The number of urea groups is 1. The van der Waals surface area contributed by atoms with Gasteiger partial charge in [-0.25, -0.2) is 18.9 Å². The van der Waals surface area contributed by atoms with Gasteiger partial charge < -0.3 is 15.8 Å². The van der Waals surface area contributed by atoms with Crippen molar-refractivity contribution < 1.29 is 18.7 Å². The van der Waals surface area contributed by atoms with Crippen molar-refractivity contribution in [1.82, 2.24) is 10.2 Å². The number of nitrogens with two attached hydrogens (primary N) is 1. The van der Waals surface area contributed by atoms with Crippen LogP contribution in [-0.2, 0) is 11.3 Å². The third-order valence-corrected chi connectivity index (χ3v) is 2.42. The van der Waals surface area contributed by atoms with E-state index < -0.39 is 12.1 Å². The van der Waals surface area contributed by atoms with E-state index in [4.69, 9.17) is 10.5 Å². The third-order valence-electron chi connectivity index (χ3n) is 2.42. The fourth-order valence-electron chi connectivity index (χ4n) is 1.53. The van der Waals surface area contributed by atoms with Crippen molar-refractivity contribution in [3.63, 3.8) is 0 Å². The van der Waals surface area contributed by atoms with Crippen LogP contribution in [0.2, 0.25) is 0 Å². The Hall–Kier alpha value is -2.15. The molecule has 7 heteroatoms. The Labute approximate surface area is 116 Å². The van der Waals surface area contributed by atoms with Crippen LogP contribution in [0.25, 0.3) is 0 Å². The molecule has 0 aliphatic carbocycles. The third kappa shape index (κ3) is 4.85. The molecule has 0 saturated carbocycles. The molecule has 0 radical (unpaired) electrons. The molecule has 1 aromatic carbocycles. The maximum absolute atomic E-state index is 13.0. The molecule has 0 aliphatic rings. The smallest absolute Gasteiger partial charge is 0.418 e. The van der Waals surface area contributed by atoms with Crippen molar-refractivity contribution in [2.45, 2.75) is 13.5 Å². The number of rotatable bonds is 5. The molecule has 1 aromatic rings. The summed E-state index contributed by atoms with van der Waals surface area (Å²) in [6, 6.07) is 5.20. The van der Waals surface area contributed by atoms with Gasteiger partial charge >= 0.3 is 12.1 Å². The Bertz CT molecular complexity index is 468. The van der Waals surface area contributed by atoms with Crippen LogP contribution in [0.1, 0.15) is 12.5 Å². The Morgan fingerprint density at radius 2 is 2.20 bits per heavy atom. The fraction of sp³-hybridized carbons (Fsp3) is 0.385. The van der Waals surface area contributed by atoms with Crippen LogP contribution < -0.4 is 11.1 Å². The van der Waals surface area contributed by atoms with E-state index in [0.717, 1.165) is 4.90 Å². The molecule has 0 aromatic heterocycles. The molecule has 6 nitrogen and oxygen atoms in total.